The number of hydrogen-bond acceptors (Lipinski definition) is 4. The van der Waals surface area contributed by atoms with Crippen LogP contribution in [0, 0.1) is 0 Å². The maximum Gasteiger partial charge on any atom is 0.407 e. The smallest absolute Gasteiger partial charge is 0.407 e. The minimum absolute atomic E-state index is 0.0487. The lowest BCUT2D eigenvalue weighted by Crippen LogP contribution is -2.42. The highest BCUT2D eigenvalue weighted by molar-refractivity contribution is 5.79. The maximum atomic E-state index is 12.0. The van der Waals surface area contributed by atoms with E-state index in [9.17, 15) is 14.7 Å². The van der Waals surface area contributed by atoms with Crippen molar-refractivity contribution in [3.05, 3.63) is 59.7 Å². The van der Waals surface area contributed by atoms with Gasteiger partial charge in [0.2, 0.25) is 0 Å². The van der Waals surface area contributed by atoms with Gasteiger partial charge >= 0.3 is 12.1 Å². The Morgan fingerprint density at radius 2 is 1.62 bits per heavy atom. The molecule has 2 aromatic rings. The number of aliphatic hydroxyl groups excluding tert-OH is 1. The lowest BCUT2D eigenvalue weighted by molar-refractivity contribution is -0.139. The van der Waals surface area contributed by atoms with E-state index in [0.29, 0.717) is 0 Å². The Labute approximate surface area is 151 Å². The number of aliphatic hydroxyl groups is 1. The molecule has 0 radical (unpaired) electrons. The summed E-state index contributed by atoms with van der Waals surface area (Å²) in [6.45, 7) is 1.71. The number of fused-ring (bicyclic) bond motifs is 3. The van der Waals surface area contributed by atoms with E-state index in [-0.39, 0.29) is 12.5 Å². The molecule has 0 aliphatic heterocycles. The van der Waals surface area contributed by atoms with Crippen molar-refractivity contribution in [2.24, 2.45) is 0 Å². The van der Waals surface area contributed by atoms with E-state index in [2.05, 4.69) is 17.4 Å². The fourth-order valence-corrected chi connectivity index (χ4v) is 3.28. The molecule has 1 amide bonds. The molecule has 1 aliphatic carbocycles. The van der Waals surface area contributed by atoms with E-state index in [1.54, 1.807) is 0 Å². The van der Waals surface area contributed by atoms with Gasteiger partial charge in [-0.25, -0.2) is 4.79 Å². The summed E-state index contributed by atoms with van der Waals surface area (Å²) in [6.07, 6.45) is -2.29. The van der Waals surface area contributed by atoms with Gasteiger partial charge < -0.3 is 20.3 Å². The van der Waals surface area contributed by atoms with Crippen LogP contribution in [-0.2, 0) is 9.53 Å². The van der Waals surface area contributed by atoms with Gasteiger partial charge in [0.25, 0.3) is 0 Å². The Hall–Kier alpha value is -2.86. The second kappa shape index (κ2) is 7.58. The predicted molar refractivity (Wildman–Crippen MR) is 95.9 cm³/mol. The molecule has 1 unspecified atom stereocenters. The first-order valence-corrected chi connectivity index (χ1v) is 8.48. The van der Waals surface area contributed by atoms with Crippen LogP contribution < -0.4 is 5.32 Å². The summed E-state index contributed by atoms with van der Waals surface area (Å²) in [7, 11) is 0. The third-order valence-electron chi connectivity index (χ3n) is 4.65. The van der Waals surface area contributed by atoms with E-state index in [4.69, 9.17) is 9.84 Å². The average molecular weight is 355 g/mol. The molecule has 6 heteroatoms. The van der Waals surface area contributed by atoms with E-state index >= 15 is 0 Å². The van der Waals surface area contributed by atoms with Crippen molar-refractivity contribution in [2.75, 3.05) is 6.61 Å². The molecular formula is C20H21NO5. The quantitative estimate of drug-likeness (QED) is 0.740. The number of carbonyl (C=O) groups is 2. The number of nitrogens with one attached hydrogen (secondary N) is 1. The van der Waals surface area contributed by atoms with E-state index < -0.39 is 30.6 Å². The summed E-state index contributed by atoms with van der Waals surface area (Å²) in [4.78, 5) is 22.7. The Bertz CT molecular complexity index is 774. The van der Waals surface area contributed by atoms with Crippen molar-refractivity contribution in [2.45, 2.75) is 31.4 Å². The van der Waals surface area contributed by atoms with Gasteiger partial charge in [0, 0.05) is 5.92 Å². The number of benzene rings is 2. The first kappa shape index (κ1) is 17.9. The number of carboxylic acids is 1. The molecule has 0 heterocycles. The molecule has 0 aromatic heterocycles. The monoisotopic (exact) mass is 355 g/mol. The number of carbonyl (C=O) groups excluding carboxylic acids is 1. The summed E-state index contributed by atoms with van der Waals surface area (Å²) >= 11 is 0. The summed E-state index contributed by atoms with van der Waals surface area (Å²) in [6, 6.07) is 15.3. The van der Waals surface area contributed by atoms with Crippen LogP contribution >= 0.6 is 0 Å². The first-order chi connectivity index (χ1) is 12.5. The SMILES string of the molecule is C[C@@H](NC(=O)OCC1c2ccccc2-c2ccccc21)C(O)CC(=O)O. The van der Waals surface area contributed by atoms with Crippen LogP contribution in [0.1, 0.15) is 30.4 Å². The minimum Gasteiger partial charge on any atom is -0.481 e. The Kier molecular flexibility index (Phi) is 5.23. The van der Waals surface area contributed by atoms with Crippen molar-refractivity contribution in [1.29, 1.82) is 0 Å². The molecule has 136 valence electrons. The standard InChI is InChI=1S/C20H21NO5/c1-12(18(22)10-19(23)24)21-20(25)26-11-17-15-8-4-2-6-13(15)14-7-3-5-9-16(14)17/h2-9,12,17-18,22H,10-11H2,1H3,(H,21,25)(H,23,24)/t12-,18?/m1/s1. The zero-order valence-electron chi connectivity index (χ0n) is 14.4. The Balaban J connectivity index is 1.65. The molecule has 1 aliphatic rings. The van der Waals surface area contributed by atoms with Crippen LogP contribution in [-0.4, -0.2) is 41.0 Å². The highest BCUT2D eigenvalue weighted by Crippen LogP contribution is 2.44. The number of carboxylic acid groups (broad SMARTS) is 1. The molecule has 0 saturated carbocycles. The summed E-state index contributed by atoms with van der Waals surface area (Å²) in [5.41, 5.74) is 4.51. The zero-order chi connectivity index (χ0) is 18.7. The van der Waals surface area contributed by atoms with Crippen molar-refractivity contribution < 1.29 is 24.5 Å². The van der Waals surface area contributed by atoms with Gasteiger partial charge in [-0.15, -0.1) is 0 Å². The summed E-state index contributed by atoms with van der Waals surface area (Å²) in [5, 5.41) is 20.9. The van der Waals surface area contributed by atoms with Gasteiger partial charge in [0.15, 0.2) is 0 Å². The van der Waals surface area contributed by atoms with Gasteiger partial charge in [-0.2, -0.15) is 0 Å². The van der Waals surface area contributed by atoms with Crippen LogP contribution in [0.2, 0.25) is 0 Å². The summed E-state index contributed by atoms with van der Waals surface area (Å²) < 4.78 is 5.36. The van der Waals surface area contributed by atoms with Gasteiger partial charge in [-0.05, 0) is 29.2 Å². The summed E-state index contributed by atoms with van der Waals surface area (Å²) in [5.74, 6) is -1.17. The van der Waals surface area contributed by atoms with E-state index in [0.717, 1.165) is 22.3 Å². The molecule has 6 nitrogen and oxygen atoms in total. The zero-order valence-corrected chi connectivity index (χ0v) is 14.4. The average Bonchev–Trinajstić information content (AvgIpc) is 2.93. The number of hydrogen-bond donors (Lipinski definition) is 3. The third-order valence-corrected chi connectivity index (χ3v) is 4.65. The fraction of sp³-hybridized carbons (Fsp3) is 0.300. The molecule has 0 saturated heterocycles. The van der Waals surface area contributed by atoms with Crippen molar-refractivity contribution in [1.82, 2.24) is 5.32 Å². The van der Waals surface area contributed by atoms with E-state index in [1.165, 1.54) is 6.92 Å². The third kappa shape index (κ3) is 3.70. The Morgan fingerprint density at radius 1 is 1.08 bits per heavy atom. The predicted octanol–water partition coefficient (Wildman–Crippen LogP) is 2.75. The van der Waals surface area contributed by atoms with Gasteiger partial charge in [0.05, 0.1) is 18.6 Å². The maximum absolute atomic E-state index is 12.0. The second-order valence-corrected chi connectivity index (χ2v) is 6.42. The van der Waals surface area contributed by atoms with Gasteiger partial charge in [-0.3, -0.25) is 4.79 Å². The molecule has 2 aromatic carbocycles. The van der Waals surface area contributed by atoms with Crippen LogP contribution in [0.3, 0.4) is 0 Å². The molecule has 26 heavy (non-hydrogen) atoms. The van der Waals surface area contributed by atoms with Crippen LogP contribution in [0.25, 0.3) is 11.1 Å². The van der Waals surface area contributed by atoms with E-state index in [1.807, 2.05) is 36.4 Å². The number of ether oxygens (including phenoxy) is 1. The molecule has 3 rings (SSSR count). The van der Waals surface area contributed by atoms with Gasteiger partial charge in [-0.1, -0.05) is 48.5 Å². The largest absolute Gasteiger partial charge is 0.481 e. The number of amides is 1. The molecule has 2 atom stereocenters. The Morgan fingerprint density at radius 3 is 2.15 bits per heavy atom. The first-order valence-electron chi connectivity index (χ1n) is 8.48. The van der Waals surface area contributed by atoms with Crippen molar-refractivity contribution in [3.8, 4) is 11.1 Å². The van der Waals surface area contributed by atoms with Crippen LogP contribution in [0.4, 0.5) is 4.79 Å². The minimum atomic E-state index is -1.17. The molecule has 3 N–H and O–H groups in total. The number of rotatable bonds is 6. The van der Waals surface area contributed by atoms with Crippen LogP contribution in [0.15, 0.2) is 48.5 Å². The molecular weight excluding hydrogens is 334 g/mol. The lowest BCUT2D eigenvalue weighted by Gasteiger charge is -2.20. The number of alkyl carbamates (subject to hydrolysis) is 1. The highest BCUT2D eigenvalue weighted by Gasteiger charge is 2.29. The van der Waals surface area contributed by atoms with Crippen molar-refractivity contribution in [3.63, 3.8) is 0 Å². The highest BCUT2D eigenvalue weighted by atomic mass is 16.5. The fourth-order valence-electron chi connectivity index (χ4n) is 3.28. The second-order valence-electron chi connectivity index (χ2n) is 6.42. The van der Waals surface area contributed by atoms with Crippen molar-refractivity contribution >= 4 is 12.1 Å². The molecule has 0 spiro atoms. The van der Waals surface area contributed by atoms with Gasteiger partial charge in [0.1, 0.15) is 6.61 Å². The molecule has 0 fully saturated rings. The van der Waals surface area contributed by atoms with Crippen LogP contribution in [0.5, 0.6) is 0 Å². The molecule has 0 bridgehead atoms. The topological polar surface area (TPSA) is 95.9 Å². The number of aliphatic carboxylic acids is 1. The normalized spacial score (nSPS) is 14.8. The lowest BCUT2D eigenvalue weighted by atomic mass is 9.98.